The third-order valence-electron chi connectivity index (χ3n) is 4.04. The molecule has 1 aromatic heterocycles. The molecule has 0 radical (unpaired) electrons. The Labute approximate surface area is 135 Å². The third kappa shape index (κ3) is 3.21. The fourth-order valence-electron chi connectivity index (χ4n) is 2.72. The van der Waals surface area contributed by atoms with Gasteiger partial charge in [-0.05, 0) is 42.7 Å². The van der Waals surface area contributed by atoms with Gasteiger partial charge >= 0.3 is 0 Å². The number of ether oxygens (including phenoxy) is 1. The number of amides is 1. The van der Waals surface area contributed by atoms with Crippen LogP contribution in [0.5, 0.6) is 5.75 Å². The molecule has 0 aliphatic rings. The first-order valence-corrected chi connectivity index (χ1v) is 7.67. The van der Waals surface area contributed by atoms with Crippen molar-refractivity contribution in [1.29, 1.82) is 0 Å². The third-order valence-corrected chi connectivity index (χ3v) is 4.04. The number of H-pyrrole nitrogens is 1. The number of rotatable bonds is 5. The summed E-state index contributed by atoms with van der Waals surface area (Å²) in [5, 5.41) is 4.19. The van der Waals surface area contributed by atoms with Gasteiger partial charge in [-0.3, -0.25) is 4.79 Å². The summed E-state index contributed by atoms with van der Waals surface area (Å²) in [5.41, 5.74) is 3.93. The molecule has 1 heterocycles. The quantitative estimate of drug-likeness (QED) is 0.758. The predicted molar refractivity (Wildman–Crippen MR) is 92.1 cm³/mol. The molecule has 0 spiro atoms. The normalized spacial score (nSPS) is 10.7. The number of carbonyl (C=O) groups is 1. The second kappa shape index (κ2) is 6.57. The zero-order chi connectivity index (χ0) is 16.2. The molecular formula is C19H20N2O2. The highest BCUT2D eigenvalue weighted by Gasteiger charge is 2.10. The standard InChI is InChI=1S/C19H20N2O2/c1-13-7-8-15(23-2)11-17(13)19(22)20-10-9-14-12-21-18-6-4-3-5-16(14)18/h3-8,11-12,21H,9-10H2,1-2H3,(H,20,22). The predicted octanol–water partition coefficient (Wildman–Crippen LogP) is 3.46. The van der Waals surface area contributed by atoms with Gasteiger partial charge < -0.3 is 15.0 Å². The van der Waals surface area contributed by atoms with Gasteiger partial charge in [-0.2, -0.15) is 0 Å². The number of nitrogens with one attached hydrogen (secondary N) is 2. The summed E-state index contributed by atoms with van der Waals surface area (Å²) < 4.78 is 5.19. The zero-order valence-electron chi connectivity index (χ0n) is 13.3. The van der Waals surface area contributed by atoms with E-state index in [2.05, 4.69) is 22.4 Å². The average Bonchev–Trinajstić information content (AvgIpc) is 2.98. The highest BCUT2D eigenvalue weighted by molar-refractivity contribution is 5.96. The van der Waals surface area contributed by atoms with Crippen LogP contribution >= 0.6 is 0 Å². The van der Waals surface area contributed by atoms with Crippen molar-refractivity contribution < 1.29 is 9.53 Å². The van der Waals surface area contributed by atoms with E-state index in [1.54, 1.807) is 13.2 Å². The fraction of sp³-hybridized carbons (Fsp3) is 0.211. The van der Waals surface area contributed by atoms with Crippen LogP contribution in [0.1, 0.15) is 21.5 Å². The molecule has 0 aliphatic carbocycles. The highest BCUT2D eigenvalue weighted by atomic mass is 16.5. The van der Waals surface area contributed by atoms with Crippen molar-refractivity contribution in [3.05, 3.63) is 65.4 Å². The van der Waals surface area contributed by atoms with E-state index in [0.29, 0.717) is 17.9 Å². The minimum absolute atomic E-state index is 0.0683. The lowest BCUT2D eigenvalue weighted by Crippen LogP contribution is -2.26. The number of para-hydroxylation sites is 1. The molecule has 2 aromatic carbocycles. The maximum atomic E-state index is 12.4. The lowest BCUT2D eigenvalue weighted by atomic mass is 10.1. The van der Waals surface area contributed by atoms with Gasteiger partial charge in [-0.25, -0.2) is 0 Å². The number of benzene rings is 2. The fourth-order valence-corrected chi connectivity index (χ4v) is 2.72. The Morgan fingerprint density at radius 1 is 1.22 bits per heavy atom. The summed E-state index contributed by atoms with van der Waals surface area (Å²) in [6.07, 6.45) is 2.80. The molecule has 0 saturated carbocycles. The molecule has 3 aromatic rings. The number of aryl methyl sites for hydroxylation is 1. The van der Waals surface area contributed by atoms with Crippen LogP contribution in [0, 0.1) is 6.92 Å². The summed E-state index contributed by atoms with van der Waals surface area (Å²) in [7, 11) is 1.60. The zero-order valence-corrected chi connectivity index (χ0v) is 13.3. The van der Waals surface area contributed by atoms with Crippen molar-refractivity contribution in [2.75, 3.05) is 13.7 Å². The summed E-state index contributed by atoms with van der Waals surface area (Å²) in [4.78, 5) is 15.6. The van der Waals surface area contributed by atoms with Crippen LogP contribution in [-0.2, 0) is 6.42 Å². The smallest absolute Gasteiger partial charge is 0.251 e. The molecule has 118 valence electrons. The molecule has 0 atom stereocenters. The number of methoxy groups -OCH3 is 1. The highest BCUT2D eigenvalue weighted by Crippen LogP contribution is 2.19. The average molecular weight is 308 g/mol. The first-order valence-electron chi connectivity index (χ1n) is 7.67. The van der Waals surface area contributed by atoms with Crippen molar-refractivity contribution in [2.24, 2.45) is 0 Å². The SMILES string of the molecule is COc1ccc(C)c(C(=O)NCCc2c[nH]c3ccccc23)c1. The number of hydrogen-bond acceptors (Lipinski definition) is 2. The number of carbonyl (C=O) groups excluding carboxylic acids is 1. The van der Waals surface area contributed by atoms with Crippen LogP contribution < -0.4 is 10.1 Å². The van der Waals surface area contributed by atoms with Crippen LogP contribution in [0.15, 0.2) is 48.7 Å². The van der Waals surface area contributed by atoms with Crippen LogP contribution in [0.4, 0.5) is 0 Å². The molecule has 0 bridgehead atoms. The second-order valence-corrected chi connectivity index (χ2v) is 5.55. The largest absolute Gasteiger partial charge is 0.497 e. The molecule has 0 unspecified atom stereocenters. The lowest BCUT2D eigenvalue weighted by Gasteiger charge is -2.09. The Kier molecular flexibility index (Phi) is 4.33. The summed E-state index contributed by atoms with van der Waals surface area (Å²) in [6, 6.07) is 13.7. The van der Waals surface area contributed by atoms with Crippen molar-refractivity contribution in [1.82, 2.24) is 10.3 Å². The summed E-state index contributed by atoms with van der Waals surface area (Å²) in [6.45, 7) is 2.52. The van der Waals surface area contributed by atoms with E-state index in [1.165, 1.54) is 10.9 Å². The Morgan fingerprint density at radius 2 is 2.04 bits per heavy atom. The van der Waals surface area contributed by atoms with E-state index in [-0.39, 0.29) is 5.91 Å². The van der Waals surface area contributed by atoms with Gasteiger partial charge in [0.2, 0.25) is 0 Å². The Bertz CT molecular complexity index is 836. The maximum Gasteiger partial charge on any atom is 0.251 e. The number of fused-ring (bicyclic) bond motifs is 1. The minimum Gasteiger partial charge on any atom is -0.497 e. The van der Waals surface area contributed by atoms with Gasteiger partial charge in [0, 0.05) is 29.2 Å². The van der Waals surface area contributed by atoms with Gasteiger partial charge in [0.05, 0.1) is 7.11 Å². The topological polar surface area (TPSA) is 54.1 Å². The Hall–Kier alpha value is -2.75. The molecule has 23 heavy (non-hydrogen) atoms. The van der Waals surface area contributed by atoms with Gasteiger partial charge in [0.15, 0.2) is 0 Å². The minimum atomic E-state index is -0.0683. The maximum absolute atomic E-state index is 12.4. The first-order chi connectivity index (χ1) is 11.2. The summed E-state index contributed by atoms with van der Waals surface area (Å²) in [5.74, 6) is 0.624. The molecule has 2 N–H and O–H groups in total. The van der Waals surface area contributed by atoms with Crippen LogP contribution in [-0.4, -0.2) is 24.5 Å². The van der Waals surface area contributed by atoms with Crippen molar-refractivity contribution in [3.8, 4) is 5.75 Å². The van der Waals surface area contributed by atoms with Gasteiger partial charge in [-0.1, -0.05) is 24.3 Å². The van der Waals surface area contributed by atoms with Crippen LogP contribution in [0.25, 0.3) is 10.9 Å². The molecular weight excluding hydrogens is 288 g/mol. The van der Waals surface area contributed by atoms with E-state index in [9.17, 15) is 4.79 Å². The first kappa shape index (κ1) is 15.2. The van der Waals surface area contributed by atoms with Crippen molar-refractivity contribution in [2.45, 2.75) is 13.3 Å². The van der Waals surface area contributed by atoms with Gasteiger partial charge in [-0.15, -0.1) is 0 Å². The summed E-state index contributed by atoms with van der Waals surface area (Å²) >= 11 is 0. The molecule has 0 aliphatic heterocycles. The Balaban J connectivity index is 1.65. The molecule has 3 rings (SSSR count). The molecule has 0 fully saturated rings. The molecule has 1 amide bonds. The second-order valence-electron chi connectivity index (χ2n) is 5.55. The van der Waals surface area contributed by atoms with E-state index >= 15 is 0 Å². The van der Waals surface area contributed by atoms with Crippen molar-refractivity contribution in [3.63, 3.8) is 0 Å². The van der Waals surface area contributed by atoms with E-state index in [1.807, 2.05) is 37.4 Å². The molecule has 4 heteroatoms. The molecule has 0 saturated heterocycles. The van der Waals surface area contributed by atoms with E-state index < -0.39 is 0 Å². The molecule has 4 nitrogen and oxygen atoms in total. The van der Waals surface area contributed by atoms with Crippen molar-refractivity contribution >= 4 is 16.8 Å². The van der Waals surface area contributed by atoms with E-state index in [4.69, 9.17) is 4.74 Å². The number of aromatic nitrogens is 1. The number of hydrogen-bond donors (Lipinski definition) is 2. The Morgan fingerprint density at radius 3 is 2.87 bits per heavy atom. The van der Waals surface area contributed by atoms with E-state index in [0.717, 1.165) is 17.5 Å². The monoisotopic (exact) mass is 308 g/mol. The lowest BCUT2D eigenvalue weighted by molar-refractivity contribution is 0.0953. The number of aromatic amines is 1. The van der Waals surface area contributed by atoms with Crippen LogP contribution in [0.3, 0.4) is 0 Å². The van der Waals surface area contributed by atoms with Crippen LogP contribution in [0.2, 0.25) is 0 Å². The van der Waals surface area contributed by atoms with Gasteiger partial charge in [0.1, 0.15) is 5.75 Å². The van der Waals surface area contributed by atoms with Gasteiger partial charge in [0.25, 0.3) is 5.91 Å².